The molecule has 6 nitrogen and oxygen atoms in total. The first-order valence-electron chi connectivity index (χ1n) is 10.8. The number of methoxy groups -OCH3 is 1. The lowest BCUT2D eigenvalue weighted by molar-refractivity contribution is -0.157. The Bertz CT molecular complexity index is 1110. The number of esters is 1. The van der Waals surface area contributed by atoms with Gasteiger partial charge in [-0.3, -0.25) is 9.69 Å². The average molecular weight is 489 g/mol. The third kappa shape index (κ3) is 5.34. The van der Waals surface area contributed by atoms with E-state index in [4.69, 9.17) is 21.3 Å². The van der Waals surface area contributed by atoms with Crippen LogP contribution in [0.3, 0.4) is 0 Å². The van der Waals surface area contributed by atoms with Gasteiger partial charge in [0.1, 0.15) is 11.6 Å². The van der Waals surface area contributed by atoms with Gasteiger partial charge in [0.05, 0.1) is 17.5 Å². The molecule has 33 heavy (non-hydrogen) atoms. The number of nitrogens with one attached hydrogen (secondary N) is 1. The van der Waals surface area contributed by atoms with Crippen molar-refractivity contribution in [2.45, 2.75) is 38.8 Å². The van der Waals surface area contributed by atoms with Crippen molar-refractivity contribution in [3.8, 4) is 0 Å². The maximum Gasteiger partial charge on any atom is 0.312 e. The van der Waals surface area contributed by atoms with Crippen LogP contribution in [0.25, 0.3) is 0 Å². The second-order valence-corrected chi connectivity index (χ2v) is 9.71. The molecule has 9 heteroatoms. The third-order valence-corrected chi connectivity index (χ3v) is 7.18. The zero-order valence-corrected chi connectivity index (χ0v) is 20.1. The lowest BCUT2D eigenvalue weighted by atomic mass is 9.72. The van der Waals surface area contributed by atoms with E-state index in [9.17, 15) is 9.18 Å². The summed E-state index contributed by atoms with van der Waals surface area (Å²) in [6.45, 7) is 3.14. The number of likely N-dealkylation sites (tertiary alicyclic amines) is 1. The van der Waals surface area contributed by atoms with Gasteiger partial charge in [0.2, 0.25) is 0 Å². The van der Waals surface area contributed by atoms with Crippen molar-refractivity contribution in [2.75, 3.05) is 19.0 Å². The Kier molecular flexibility index (Phi) is 7.26. The summed E-state index contributed by atoms with van der Waals surface area (Å²) in [6, 6.07) is 10.8. The van der Waals surface area contributed by atoms with Crippen LogP contribution in [0.2, 0.25) is 5.02 Å². The molecular formula is C24H26ClFN4O2S. The molecule has 0 aliphatic carbocycles. The van der Waals surface area contributed by atoms with Gasteiger partial charge in [-0.25, -0.2) is 14.4 Å². The van der Waals surface area contributed by atoms with Crippen molar-refractivity contribution in [1.82, 2.24) is 14.9 Å². The van der Waals surface area contributed by atoms with Crippen LogP contribution in [-0.2, 0) is 22.5 Å². The summed E-state index contributed by atoms with van der Waals surface area (Å²) in [6.07, 6.45) is 3.38. The summed E-state index contributed by atoms with van der Waals surface area (Å²) in [4.78, 5) is 24.1. The Labute approximate surface area is 201 Å². The lowest BCUT2D eigenvalue weighted by Gasteiger charge is -2.44. The highest BCUT2D eigenvalue weighted by molar-refractivity contribution is 7.13. The molecule has 1 fully saturated rings. The number of thiazole rings is 1. The van der Waals surface area contributed by atoms with Crippen LogP contribution >= 0.6 is 22.9 Å². The maximum absolute atomic E-state index is 14.4. The molecule has 0 saturated carbocycles. The summed E-state index contributed by atoms with van der Waals surface area (Å²) in [5.74, 6) is 0.0670. The number of aromatic nitrogens is 2. The number of halogens is 2. The minimum atomic E-state index is -0.690. The van der Waals surface area contributed by atoms with Crippen LogP contribution in [0.1, 0.15) is 31.0 Å². The monoisotopic (exact) mass is 488 g/mol. The predicted octanol–water partition coefficient (Wildman–Crippen LogP) is 5.46. The number of hydrogen-bond donors (Lipinski definition) is 1. The molecule has 3 aromatic rings. The number of hydrogen-bond acceptors (Lipinski definition) is 7. The molecule has 1 aromatic carbocycles. The van der Waals surface area contributed by atoms with Gasteiger partial charge in [-0.2, -0.15) is 0 Å². The lowest BCUT2D eigenvalue weighted by Crippen LogP contribution is -2.50. The van der Waals surface area contributed by atoms with Crippen LogP contribution in [0.5, 0.6) is 0 Å². The summed E-state index contributed by atoms with van der Waals surface area (Å²) >= 11 is 7.44. The topological polar surface area (TPSA) is 67.3 Å². The molecule has 1 aliphatic heterocycles. The number of carbonyl (C=O) groups is 1. The normalized spacial score (nSPS) is 21.0. The molecule has 4 rings (SSSR count). The van der Waals surface area contributed by atoms with E-state index >= 15 is 0 Å². The molecule has 2 atom stereocenters. The fourth-order valence-electron chi connectivity index (χ4n) is 4.52. The molecule has 2 aromatic heterocycles. The molecular weight excluding hydrogens is 463 g/mol. The fourth-order valence-corrected chi connectivity index (χ4v) is 5.25. The van der Waals surface area contributed by atoms with Crippen molar-refractivity contribution in [3.05, 3.63) is 70.1 Å². The smallest absolute Gasteiger partial charge is 0.312 e. The van der Waals surface area contributed by atoms with Crippen molar-refractivity contribution >= 4 is 39.9 Å². The SMILES string of the molecule is COC(=O)C1(Cc2cccc(Nc3nccs3)n2)CCN(Cc2cccc(Cl)c2F)C(C)C1. The first kappa shape index (κ1) is 23.6. The second-order valence-electron chi connectivity index (χ2n) is 8.41. The molecule has 0 spiro atoms. The van der Waals surface area contributed by atoms with Crippen LogP contribution in [0.15, 0.2) is 48.0 Å². The van der Waals surface area contributed by atoms with Gasteiger partial charge in [0, 0.05) is 41.8 Å². The molecule has 0 radical (unpaired) electrons. The standard InChI is InChI=1S/C24H26ClFN4O2S/c1-16-13-24(22(31)32-2,9-11-30(16)15-17-5-3-7-19(25)21(17)26)14-18-6-4-8-20(28-18)29-23-27-10-12-33-23/h3-8,10,12,16H,9,11,13-15H2,1-2H3,(H,27,28,29). The fraction of sp³-hybridized carbons (Fsp3) is 0.375. The number of ether oxygens (including phenoxy) is 1. The summed E-state index contributed by atoms with van der Waals surface area (Å²) in [7, 11) is 1.43. The van der Waals surface area contributed by atoms with Gasteiger partial charge in [0.15, 0.2) is 5.13 Å². The van der Waals surface area contributed by atoms with Crippen molar-refractivity contribution in [2.24, 2.45) is 5.41 Å². The molecule has 0 amide bonds. The second kappa shape index (κ2) is 10.2. The van der Waals surface area contributed by atoms with E-state index in [1.807, 2.05) is 23.6 Å². The molecule has 3 heterocycles. The van der Waals surface area contributed by atoms with Gasteiger partial charge in [0.25, 0.3) is 0 Å². The van der Waals surface area contributed by atoms with E-state index < -0.39 is 5.41 Å². The number of pyridine rings is 1. The maximum atomic E-state index is 14.4. The highest BCUT2D eigenvalue weighted by atomic mass is 35.5. The Morgan fingerprint density at radius 1 is 1.36 bits per heavy atom. The summed E-state index contributed by atoms with van der Waals surface area (Å²) in [5, 5.41) is 5.97. The largest absolute Gasteiger partial charge is 0.469 e. The number of benzene rings is 1. The van der Waals surface area contributed by atoms with E-state index in [0.29, 0.717) is 43.7 Å². The zero-order valence-electron chi connectivity index (χ0n) is 18.6. The van der Waals surface area contributed by atoms with Gasteiger partial charge in [-0.1, -0.05) is 29.8 Å². The zero-order chi connectivity index (χ0) is 23.4. The number of carbonyl (C=O) groups excluding carboxylic acids is 1. The quantitative estimate of drug-likeness (QED) is 0.445. The van der Waals surface area contributed by atoms with Gasteiger partial charge in [-0.15, -0.1) is 11.3 Å². The summed E-state index contributed by atoms with van der Waals surface area (Å²) in [5.41, 5.74) is 0.677. The van der Waals surface area contributed by atoms with Crippen LogP contribution < -0.4 is 5.32 Å². The number of piperidine rings is 1. The Hall–Kier alpha value is -2.55. The van der Waals surface area contributed by atoms with Crippen LogP contribution in [0, 0.1) is 11.2 Å². The van der Waals surface area contributed by atoms with E-state index in [-0.39, 0.29) is 22.9 Å². The van der Waals surface area contributed by atoms with Gasteiger partial charge >= 0.3 is 5.97 Å². The van der Waals surface area contributed by atoms with Crippen LogP contribution in [-0.4, -0.2) is 40.5 Å². The highest BCUT2D eigenvalue weighted by Crippen LogP contribution is 2.40. The number of anilines is 2. The molecule has 1 N–H and O–H groups in total. The Morgan fingerprint density at radius 3 is 2.91 bits per heavy atom. The van der Waals surface area contributed by atoms with Crippen molar-refractivity contribution < 1.29 is 13.9 Å². The Morgan fingerprint density at radius 2 is 2.18 bits per heavy atom. The van der Waals surface area contributed by atoms with Gasteiger partial charge < -0.3 is 10.1 Å². The average Bonchev–Trinajstić information content (AvgIpc) is 3.31. The molecule has 1 aliphatic rings. The van der Waals surface area contributed by atoms with Crippen molar-refractivity contribution in [3.63, 3.8) is 0 Å². The summed E-state index contributed by atoms with van der Waals surface area (Å²) < 4.78 is 19.7. The number of rotatable bonds is 7. The minimum absolute atomic E-state index is 0.0489. The highest BCUT2D eigenvalue weighted by Gasteiger charge is 2.45. The molecule has 0 bridgehead atoms. The van der Waals surface area contributed by atoms with E-state index in [1.54, 1.807) is 24.4 Å². The molecule has 2 unspecified atom stereocenters. The van der Waals surface area contributed by atoms with E-state index in [1.165, 1.54) is 18.4 Å². The first-order chi connectivity index (χ1) is 15.9. The Balaban J connectivity index is 1.50. The van der Waals surface area contributed by atoms with Crippen LogP contribution in [0.4, 0.5) is 15.3 Å². The van der Waals surface area contributed by atoms with E-state index in [0.717, 1.165) is 10.8 Å². The minimum Gasteiger partial charge on any atom is -0.469 e. The third-order valence-electron chi connectivity index (χ3n) is 6.20. The molecule has 1 saturated heterocycles. The predicted molar refractivity (Wildman–Crippen MR) is 128 cm³/mol. The van der Waals surface area contributed by atoms with Gasteiger partial charge in [-0.05, 0) is 44.5 Å². The number of nitrogens with zero attached hydrogens (tertiary/aromatic N) is 3. The van der Waals surface area contributed by atoms with Crippen molar-refractivity contribution in [1.29, 1.82) is 0 Å². The van der Waals surface area contributed by atoms with E-state index in [2.05, 4.69) is 22.1 Å². The first-order valence-corrected chi connectivity index (χ1v) is 12.0. The molecule has 174 valence electrons.